The molecule has 2 unspecified atom stereocenters. The van der Waals surface area contributed by atoms with Gasteiger partial charge in [0, 0.05) is 72.8 Å². The van der Waals surface area contributed by atoms with Crippen LogP contribution in [0.25, 0.3) is 0 Å². The fraction of sp³-hybridized carbons (Fsp3) is 0.478. The van der Waals surface area contributed by atoms with E-state index in [0.717, 1.165) is 94.4 Å². The largest absolute Gasteiger partial charge is 0.497 e. The molecule has 2 aliphatic rings. The number of fused-ring (bicyclic) bond motifs is 2. The molecule has 12 heteroatoms. The van der Waals surface area contributed by atoms with Crippen LogP contribution in [0.4, 0.5) is 0 Å². The Bertz CT molecular complexity index is 1730. The standard InChI is InChI=1S/2C23H29BrO2S.2O2/c2*1-4-6-12-23(5-2)15-27-20-11-10-17(24)14-19(20)21(22(23)25)16-8-7-9-18(13-16)26-3;2*1-2/h2*7-11,13-14,21-22,25H,4-6,12,15H2,1-3H3;;/t21-,22?,23+;21-,22?,23-;;/m01../s1. The van der Waals surface area contributed by atoms with E-state index in [4.69, 9.17) is 29.3 Å². The highest BCUT2D eigenvalue weighted by Gasteiger charge is 2.46. The summed E-state index contributed by atoms with van der Waals surface area (Å²) in [6.45, 7) is 8.91. The second kappa shape index (κ2) is 24.5. The van der Waals surface area contributed by atoms with Gasteiger partial charge in [-0.15, -0.1) is 23.5 Å². The number of thioether (sulfide) groups is 2. The zero-order valence-electron chi connectivity index (χ0n) is 34.4. The van der Waals surface area contributed by atoms with Gasteiger partial charge in [-0.3, -0.25) is 0 Å². The van der Waals surface area contributed by atoms with Gasteiger partial charge in [-0.25, -0.2) is 0 Å². The van der Waals surface area contributed by atoms with Crippen molar-refractivity contribution in [2.75, 3.05) is 25.7 Å². The summed E-state index contributed by atoms with van der Waals surface area (Å²) in [4.78, 5) is 30.5. The van der Waals surface area contributed by atoms with Crippen molar-refractivity contribution in [3.8, 4) is 11.5 Å². The van der Waals surface area contributed by atoms with Crippen LogP contribution in [-0.2, 0) is 0 Å². The van der Waals surface area contributed by atoms with E-state index in [1.165, 1.54) is 20.9 Å². The number of halogens is 2. The van der Waals surface area contributed by atoms with Crippen LogP contribution in [0.15, 0.2) is 104 Å². The fourth-order valence-electron chi connectivity index (χ4n) is 8.32. The maximum absolute atomic E-state index is 11.8. The highest BCUT2D eigenvalue weighted by Crippen LogP contribution is 2.53. The van der Waals surface area contributed by atoms with Gasteiger partial charge >= 0.3 is 0 Å². The van der Waals surface area contributed by atoms with E-state index in [1.54, 1.807) is 14.2 Å². The molecule has 0 amide bonds. The fourth-order valence-corrected chi connectivity index (χ4v) is 12.0. The predicted octanol–water partition coefficient (Wildman–Crippen LogP) is 13.4. The van der Waals surface area contributed by atoms with E-state index in [0.29, 0.717) is 0 Å². The molecule has 0 aliphatic carbocycles. The molecule has 0 spiro atoms. The summed E-state index contributed by atoms with van der Waals surface area (Å²) in [5, 5.41) is 23.5. The van der Waals surface area contributed by atoms with Crippen LogP contribution in [0.2, 0.25) is 0 Å². The first-order chi connectivity index (χ1) is 28.1. The Labute approximate surface area is 369 Å². The van der Waals surface area contributed by atoms with Crippen LogP contribution in [-0.4, -0.2) is 48.1 Å². The summed E-state index contributed by atoms with van der Waals surface area (Å²) in [5.41, 5.74) is 4.50. The molecular formula is C46H58Br2O8S2. The van der Waals surface area contributed by atoms with Crippen molar-refractivity contribution in [1.29, 1.82) is 0 Å². The first-order valence-corrected chi connectivity index (χ1v) is 23.5. The number of unbranched alkanes of at least 4 members (excludes halogenated alkanes) is 2. The molecule has 8 nitrogen and oxygen atoms in total. The summed E-state index contributed by atoms with van der Waals surface area (Å²) in [7, 11) is 3.39. The number of benzene rings is 4. The van der Waals surface area contributed by atoms with Gasteiger partial charge in [-0.2, -0.15) is 0 Å². The number of hydrogen-bond donors (Lipinski definition) is 2. The summed E-state index contributed by atoms with van der Waals surface area (Å²) in [6, 6.07) is 29.3. The van der Waals surface area contributed by atoms with Crippen molar-refractivity contribution in [3.63, 3.8) is 0 Å². The van der Waals surface area contributed by atoms with E-state index >= 15 is 0 Å². The van der Waals surface area contributed by atoms with Crippen LogP contribution in [0, 0.1) is 30.7 Å². The van der Waals surface area contributed by atoms with Crippen LogP contribution in [0.5, 0.6) is 11.5 Å². The zero-order chi connectivity index (χ0) is 42.9. The maximum Gasteiger partial charge on any atom is 0.119 e. The van der Waals surface area contributed by atoms with Crippen LogP contribution in [0.1, 0.15) is 113 Å². The highest BCUT2D eigenvalue weighted by atomic mass is 79.9. The normalized spacial score (nSPS) is 23.3. The predicted molar refractivity (Wildman–Crippen MR) is 249 cm³/mol. The molecule has 0 bridgehead atoms. The average molecular weight is 963 g/mol. The molecular weight excluding hydrogens is 904 g/mol. The Kier molecular flexibility index (Phi) is 21.0. The summed E-state index contributed by atoms with van der Waals surface area (Å²) in [5.74, 6) is 3.48. The number of hydrogen-bond acceptors (Lipinski definition) is 10. The van der Waals surface area contributed by atoms with Gasteiger partial charge in [0.1, 0.15) is 11.5 Å². The van der Waals surface area contributed by atoms with E-state index in [9.17, 15) is 10.2 Å². The van der Waals surface area contributed by atoms with Gasteiger partial charge in [-0.05, 0) is 109 Å². The van der Waals surface area contributed by atoms with Crippen molar-refractivity contribution in [1.82, 2.24) is 0 Å². The molecule has 2 heterocycles. The van der Waals surface area contributed by atoms with E-state index in [2.05, 4.69) is 120 Å². The molecule has 2 aliphatic heterocycles. The van der Waals surface area contributed by atoms with Crippen LogP contribution >= 0.6 is 55.4 Å². The molecule has 6 rings (SSSR count). The summed E-state index contributed by atoms with van der Waals surface area (Å²) in [6.07, 6.45) is 7.84. The molecule has 0 fully saturated rings. The van der Waals surface area contributed by atoms with Crippen LogP contribution < -0.4 is 9.47 Å². The third kappa shape index (κ3) is 11.8. The van der Waals surface area contributed by atoms with E-state index in [-0.39, 0.29) is 22.7 Å². The molecule has 0 aromatic heterocycles. The Morgan fingerprint density at radius 2 is 0.983 bits per heavy atom. The molecule has 2 N–H and O–H groups in total. The van der Waals surface area contributed by atoms with Crippen molar-refractivity contribution in [2.24, 2.45) is 10.8 Å². The Balaban J connectivity index is 0.000000286. The Morgan fingerprint density at radius 3 is 1.31 bits per heavy atom. The molecule has 0 radical (unpaired) electrons. The van der Waals surface area contributed by atoms with E-state index in [1.807, 2.05) is 47.8 Å². The monoisotopic (exact) mass is 960 g/mol. The minimum Gasteiger partial charge on any atom is -0.497 e. The van der Waals surface area contributed by atoms with Crippen molar-refractivity contribution in [3.05, 3.63) is 136 Å². The van der Waals surface area contributed by atoms with Gasteiger partial charge in [0.2, 0.25) is 0 Å². The molecule has 4 aromatic carbocycles. The van der Waals surface area contributed by atoms with Crippen LogP contribution in [0.3, 0.4) is 0 Å². The van der Waals surface area contributed by atoms with Gasteiger partial charge in [0.05, 0.1) is 26.4 Å². The minimum absolute atomic E-state index is 0.0561. The number of aliphatic hydroxyl groups is 2. The number of ether oxygens (including phenoxy) is 2. The summed E-state index contributed by atoms with van der Waals surface area (Å²) >= 11 is 11.1. The lowest BCUT2D eigenvalue weighted by Crippen LogP contribution is -2.40. The Morgan fingerprint density at radius 1 is 0.603 bits per heavy atom. The SMILES string of the molecule is CCCC[C@]1(CC)CSc2ccc(Br)cc2[C@@H](c2cccc(OC)c2)C1O.CCCC[C@]1(CC)CSc2ccc(Br)cc2[C@H](c2cccc(OC)c2)C1O.O=O.O=O. The van der Waals surface area contributed by atoms with Crippen molar-refractivity contribution in [2.45, 2.75) is 113 Å². The smallest absolute Gasteiger partial charge is 0.119 e. The van der Waals surface area contributed by atoms with Gasteiger partial charge < -0.3 is 19.7 Å². The van der Waals surface area contributed by atoms with E-state index < -0.39 is 12.2 Å². The van der Waals surface area contributed by atoms with Gasteiger partial charge in [-0.1, -0.05) is 110 Å². The number of methoxy groups -OCH3 is 2. The van der Waals surface area contributed by atoms with Crippen molar-refractivity contribution >= 4 is 55.4 Å². The number of aliphatic hydroxyl groups excluding tert-OH is 2. The first kappa shape index (κ1) is 49.6. The molecule has 4 aromatic rings. The third-order valence-corrected chi connectivity index (χ3v) is 15.7. The average Bonchev–Trinajstić information content (AvgIpc) is 3.46. The second-order valence-electron chi connectivity index (χ2n) is 15.0. The minimum atomic E-state index is -0.427. The van der Waals surface area contributed by atoms with Crippen molar-refractivity contribution < 1.29 is 19.7 Å². The van der Waals surface area contributed by atoms with Gasteiger partial charge in [0.25, 0.3) is 0 Å². The lowest BCUT2D eigenvalue weighted by atomic mass is 9.69. The quantitative estimate of drug-likeness (QED) is 0.142. The third-order valence-electron chi connectivity index (χ3n) is 11.9. The lowest BCUT2D eigenvalue weighted by Gasteiger charge is -2.40. The molecule has 6 atom stereocenters. The molecule has 0 saturated heterocycles. The highest BCUT2D eigenvalue weighted by molar-refractivity contribution is 9.10. The molecule has 58 heavy (non-hydrogen) atoms. The summed E-state index contributed by atoms with van der Waals surface area (Å²) < 4.78 is 13.1. The zero-order valence-corrected chi connectivity index (χ0v) is 39.2. The lowest BCUT2D eigenvalue weighted by molar-refractivity contribution is 0.0181. The molecule has 316 valence electrons. The topological polar surface area (TPSA) is 127 Å². The van der Waals surface area contributed by atoms with Gasteiger partial charge in [0.15, 0.2) is 0 Å². The Hall–Kier alpha value is -2.74. The second-order valence-corrected chi connectivity index (χ2v) is 18.8. The number of rotatable bonds is 12. The first-order valence-electron chi connectivity index (χ1n) is 19.9. The molecule has 0 saturated carbocycles. The maximum atomic E-state index is 11.8.